The smallest absolute Gasteiger partial charge is 0.134 e. The van der Waals surface area contributed by atoms with Gasteiger partial charge in [-0.25, -0.2) is 5.01 Å². The van der Waals surface area contributed by atoms with Gasteiger partial charge in [0.25, 0.3) is 0 Å². The van der Waals surface area contributed by atoms with Crippen molar-refractivity contribution in [3.63, 3.8) is 0 Å². The number of nitriles is 1. The molecule has 0 N–H and O–H groups in total. The standard InChI is InChI=1S/C12H15N3O/c1-10(15(14-16)11(2)9-13)8-12-6-4-3-5-7-12/h3-7,10-11H,8H2,1-2H3. The molecule has 0 aliphatic carbocycles. The summed E-state index contributed by atoms with van der Waals surface area (Å²) < 4.78 is 0. The molecule has 0 spiro atoms. The van der Waals surface area contributed by atoms with E-state index in [0.717, 1.165) is 5.56 Å². The first-order chi connectivity index (χ1) is 7.69. The molecule has 0 fully saturated rings. The first-order valence-corrected chi connectivity index (χ1v) is 5.24. The second kappa shape index (κ2) is 5.86. The lowest BCUT2D eigenvalue weighted by Gasteiger charge is -2.24. The Hall–Kier alpha value is -1.89. The number of hydrogen-bond donors (Lipinski definition) is 0. The summed E-state index contributed by atoms with van der Waals surface area (Å²) in [7, 11) is 0. The lowest BCUT2D eigenvalue weighted by atomic mass is 10.1. The van der Waals surface area contributed by atoms with Crippen LogP contribution in [0.25, 0.3) is 0 Å². The van der Waals surface area contributed by atoms with Gasteiger partial charge in [0.15, 0.2) is 0 Å². The zero-order valence-corrected chi connectivity index (χ0v) is 9.50. The molecule has 2 atom stereocenters. The maximum atomic E-state index is 10.7. The average molecular weight is 217 g/mol. The Labute approximate surface area is 95.4 Å². The van der Waals surface area contributed by atoms with Crippen LogP contribution in [0, 0.1) is 16.2 Å². The molecule has 2 unspecified atom stereocenters. The fourth-order valence-electron chi connectivity index (χ4n) is 1.64. The molecule has 1 aromatic rings. The summed E-state index contributed by atoms with van der Waals surface area (Å²) in [6.45, 7) is 3.56. The molecular weight excluding hydrogens is 202 g/mol. The van der Waals surface area contributed by atoms with Gasteiger partial charge >= 0.3 is 0 Å². The van der Waals surface area contributed by atoms with Crippen molar-refractivity contribution >= 4 is 0 Å². The molecule has 16 heavy (non-hydrogen) atoms. The SMILES string of the molecule is CC(C#N)N(N=O)C(C)Cc1ccccc1. The molecule has 0 aliphatic heterocycles. The van der Waals surface area contributed by atoms with Gasteiger partial charge in [0.2, 0.25) is 0 Å². The maximum absolute atomic E-state index is 10.7. The third-order valence-electron chi connectivity index (χ3n) is 2.50. The van der Waals surface area contributed by atoms with Crippen LogP contribution >= 0.6 is 0 Å². The highest BCUT2D eigenvalue weighted by Crippen LogP contribution is 2.11. The van der Waals surface area contributed by atoms with E-state index in [0.29, 0.717) is 6.42 Å². The van der Waals surface area contributed by atoms with Crippen LogP contribution in [0.5, 0.6) is 0 Å². The molecule has 4 nitrogen and oxygen atoms in total. The summed E-state index contributed by atoms with van der Waals surface area (Å²) in [4.78, 5) is 10.7. The highest BCUT2D eigenvalue weighted by Gasteiger charge is 2.19. The van der Waals surface area contributed by atoms with E-state index in [4.69, 9.17) is 5.26 Å². The molecule has 0 amide bonds. The van der Waals surface area contributed by atoms with E-state index in [1.54, 1.807) is 6.92 Å². The van der Waals surface area contributed by atoms with Crippen LogP contribution in [0.1, 0.15) is 19.4 Å². The number of rotatable bonds is 5. The van der Waals surface area contributed by atoms with Gasteiger partial charge in [0.05, 0.1) is 17.4 Å². The van der Waals surface area contributed by atoms with Crippen LogP contribution in [0.3, 0.4) is 0 Å². The van der Waals surface area contributed by atoms with Gasteiger partial charge in [-0.3, -0.25) is 0 Å². The van der Waals surface area contributed by atoms with Crippen molar-refractivity contribution in [3.8, 4) is 6.07 Å². The Balaban J connectivity index is 2.67. The van der Waals surface area contributed by atoms with E-state index in [-0.39, 0.29) is 6.04 Å². The Morgan fingerprint density at radius 3 is 2.50 bits per heavy atom. The molecule has 84 valence electrons. The fraction of sp³-hybridized carbons (Fsp3) is 0.417. The Morgan fingerprint density at radius 1 is 1.38 bits per heavy atom. The first-order valence-electron chi connectivity index (χ1n) is 5.24. The van der Waals surface area contributed by atoms with Crippen molar-refractivity contribution in [3.05, 3.63) is 40.8 Å². The van der Waals surface area contributed by atoms with Crippen molar-refractivity contribution in [2.45, 2.75) is 32.4 Å². The van der Waals surface area contributed by atoms with Gasteiger partial charge in [-0.2, -0.15) is 5.26 Å². The monoisotopic (exact) mass is 217 g/mol. The second-order valence-electron chi connectivity index (χ2n) is 3.81. The summed E-state index contributed by atoms with van der Waals surface area (Å²) in [6, 6.07) is 11.3. The van der Waals surface area contributed by atoms with E-state index in [2.05, 4.69) is 5.29 Å². The lowest BCUT2D eigenvalue weighted by Crippen LogP contribution is -2.36. The van der Waals surface area contributed by atoms with Crippen molar-refractivity contribution in [2.75, 3.05) is 0 Å². The molecule has 0 radical (unpaired) electrons. The summed E-state index contributed by atoms with van der Waals surface area (Å²) in [5.74, 6) is 0. The van der Waals surface area contributed by atoms with E-state index in [9.17, 15) is 4.91 Å². The van der Waals surface area contributed by atoms with Gasteiger partial charge in [-0.1, -0.05) is 30.3 Å². The molecule has 0 aromatic heterocycles. The summed E-state index contributed by atoms with van der Waals surface area (Å²) >= 11 is 0. The molecule has 1 aromatic carbocycles. The van der Waals surface area contributed by atoms with Crippen molar-refractivity contribution < 1.29 is 0 Å². The molecule has 0 saturated carbocycles. The molecule has 0 heterocycles. The summed E-state index contributed by atoms with van der Waals surface area (Å²) in [5, 5.41) is 13.0. The quantitative estimate of drug-likeness (QED) is 0.562. The largest absolute Gasteiger partial charge is 0.241 e. The molecule has 0 aliphatic rings. The topological polar surface area (TPSA) is 56.5 Å². The molecule has 0 saturated heterocycles. The lowest BCUT2D eigenvalue weighted by molar-refractivity contribution is 0.188. The normalized spacial score (nSPS) is 13.6. The van der Waals surface area contributed by atoms with Crippen LogP contribution in [-0.4, -0.2) is 17.1 Å². The van der Waals surface area contributed by atoms with Gasteiger partial charge in [0, 0.05) is 0 Å². The predicted octanol–water partition coefficient (Wildman–Crippen LogP) is 2.51. The van der Waals surface area contributed by atoms with Crippen LogP contribution in [0.2, 0.25) is 0 Å². The summed E-state index contributed by atoms with van der Waals surface area (Å²) in [6.07, 6.45) is 0.707. The predicted molar refractivity (Wildman–Crippen MR) is 62.3 cm³/mol. The van der Waals surface area contributed by atoms with Crippen LogP contribution in [-0.2, 0) is 6.42 Å². The third kappa shape index (κ3) is 3.06. The first kappa shape index (κ1) is 12.2. The van der Waals surface area contributed by atoms with Crippen LogP contribution in [0.4, 0.5) is 0 Å². The van der Waals surface area contributed by atoms with E-state index >= 15 is 0 Å². The molecule has 1 rings (SSSR count). The van der Waals surface area contributed by atoms with Crippen molar-refractivity contribution in [2.24, 2.45) is 5.29 Å². The number of nitrogens with zero attached hydrogens (tertiary/aromatic N) is 3. The molecular formula is C12H15N3O. The Morgan fingerprint density at radius 2 is 2.00 bits per heavy atom. The van der Waals surface area contributed by atoms with Crippen LogP contribution < -0.4 is 0 Å². The minimum atomic E-state index is -0.490. The van der Waals surface area contributed by atoms with E-state index in [1.165, 1.54) is 5.01 Å². The van der Waals surface area contributed by atoms with Crippen molar-refractivity contribution in [1.29, 1.82) is 5.26 Å². The maximum Gasteiger partial charge on any atom is 0.134 e. The highest BCUT2D eigenvalue weighted by molar-refractivity contribution is 5.15. The van der Waals surface area contributed by atoms with Gasteiger partial charge in [-0.05, 0) is 25.8 Å². The second-order valence-corrected chi connectivity index (χ2v) is 3.81. The van der Waals surface area contributed by atoms with Gasteiger partial charge in [-0.15, -0.1) is 4.91 Å². The highest BCUT2D eigenvalue weighted by atomic mass is 16.3. The minimum Gasteiger partial charge on any atom is -0.241 e. The minimum absolute atomic E-state index is 0.0745. The molecule has 4 heteroatoms. The number of benzene rings is 1. The molecule has 0 bridgehead atoms. The number of nitroso groups, excluding NO2 is 1. The Kier molecular flexibility index (Phi) is 4.46. The summed E-state index contributed by atoms with van der Waals surface area (Å²) in [5.41, 5.74) is 1.13. The fourth-order valence-corrected chi connectivity index (χ4v) is 1.64. The van der Waals surface area contributed by atoms with E-state index < -0.39 is 6.04 Å². The third-order valence-corrected chi connectivity index (χ3v) is 2.50. The average Bonchev–Trinajstić information content (AvgIpc) is 2.31. The zero-order valence-electron chi connectivity index (χ0n) is 9.50. The van der Waals surface area contributed by atoms with Crippen LogP contribution in [0.15, 0.2) is 35.6 Å². The van der Waals surface area contributed by atoms with Crippen molar-refractivity contribution in [1.82, 2.24) is 5.01 Å². The zero-order chi connectivity index (χ0) is 12.0. The van der Waals surface area contributed by atoms with Gasteiger partial charge in [0.1, 0.15) is 6.04 Å². The Bertz CT molecular complexity index is 372. The van der Waals surface area contributed by atoms with Gasteiger partial charge < -0.3 is 0 Å². The number of hydrogen-bond acceptors (Lipinski definition) is 3. The van der Waals surface area contributed by atoms with E-state index in [1.807, 2.05) is 43.3 Å².